The Balaban J connectivity index is -0.000000294. The van der Waals surface area contributed by atoms with Crippen molar-refractivity contribution in [1.82, 2.24) is 0 Å². The van der Waals surface area contributed by atoms with Crippen LogP contribution in [0.5, 0.6) is 0 Å². The number of aliphatic carboxylic acids is 4. The first-order chi connectivity index (χ1) is 33.3. The number of unbranched alkanes of at least 4 members (excludes halogenated alkanes) is 2. The molecule has 0 amide bonds. The Morgan fingerprint density at radius 1 is 0.437 bits per heavy atom. The fraction of sp³-hybridized carbons (Fsp3) is 0.538. The Morgan fingerprint density at radius 3 is 0.986 bits per heavy atom. The smallest absolute Gasteiger partial charge is 0.548 e. The Kier molecular flexibility index (Phi) is 60.2. The van der Waals surface area contributed by atoms with Gasteiger partial charge >= 0.3 is 35.0 Å². The van der Waals surface area contributed by atoms with Gasteiger partial charge in [-0.1, -0.05) is 135 Å². The van der Waals surface area contributed by atoms with Gasteiger partial charge in [0.1, 0.15) is 0 Å². The first-order valence-corrected chi connectivity index (χ1v) is 24.0. The van der Waals surface area contributed by atoms with Gasteiger partial charge in [-0.25, -0.2) is 0 Å². The summed E-state index contributed by atoms with van der Waals surface area (Å²) in [5.41, 5.74) is 17.6. The summed E-state index contributed by atoms with van der Waals surface area (Å²) in [6.45, 7) is 5.46. The summed E-state index contributed by atoms with van der Waals surface area (Å²) in [7, 11) is 0. The van der Waals surface area contributed by atoms with Crippen molar-refractivity contribution < 1.29 is 81.7 Å². The Hall–Kier alpha value is -4.35. The molecule has 400 valence electrons. The Labute approximate surface area is 438 Å². The number of carboxylic acid groups (broad SMARTS) is 4. The fourth-order valence-corrected chi connectivity index (χ4v) is 4.87. The molecular weight excluding hydrogens is 929 g/mol. The van der Waals surface area contributed by atoms with Gasteiger partial charge in [-0.05, 0) is 89.9 Å². The van der Waals surface area contributed by atoms with Gasteiger partial charge in [0.05, 0.1) is 61.7 Å². The number of hydrogen-bond donors (Lipinski definition) is 12. The number of hydrogen-bond acceptors (Lipinski definition) is 14. The average molecular weight is 1020 g/mol. The van der Waals surface area contributed by atoms with Crippen molar-refractivity contribution in [3.63, 3.8) is 0 Å². The Bertz CT molecular complexity index is 1500. The maximum atomic E-state index is 10.3. The number of carboxylic acids is 4. The molecule has 0 aromatic carbocycles. The largest absolute Gasteiger partial charge is 2.00 e. The van der Waals surface area contributed by atoms with Gasteiger partial charge in [0.15, 0.2) is 0 Å². The molecule has 0 aliphatic carbocycles. The molecular formula is C52H88MgN4O14+2. The van der Waals surface area contributed by atoms with Crippen LogP contribution >= 0.6 is 0 Å². The molecule has 0 spiro atoms. The SMILES string of the molecule is CC[C@@H](O)/C=C/C=C\C[C@@H](O)/C=C/C=C/C=C\[C@@H](O)CCCC(=O)O.CC[C@@H](O)/C=C/C=C\C[C@@H](O)/C=C/C=C/C=C\[C@@H](O)CCCC(=O)O.N[C@@H](CCCC[NH3+])C(=O)[O-].N[C@@H](CCCC[NH3+])C(=O)[O-].[Mg+2]. The second-order valence-corrected chi connectivity index (χ2v) is 15.7. The molecule has 8 atom stereocenters. The summed E-state index contributed by atoms with van der Waals surface area (Å²) in [6, 6.07) is -1.60. The second kappa shape index (κ2) is 56.6. The third-order valence-electron chi connectivity index (χ3n) is 9.17. The van der Waals surface area contributed by atoms with E-state index in [-0.39, 0.29) is 35.9 Å². The topological polar surface area (TPSA) is 384 Å². The molecule has 71 heavy (non-hydrogen) atoms. The van der Waals surface area contributed by atoms with Crippen LogP contribution in [-0.4, -0.2) is 150 Å². The Morgan fingerprint density at radius 2 is 0.718 bits per heavy atom. The van der Waals surface area contributed by atoms with Crippen molar-refractivity contribution >= 4 is 46.9 Å². The number of carbonyl (C=O) groups is 4. The van der Waals surface area contributed by atoms with E-state index in [0.717, 1.165) is 38.8 Å². The van der Waals surface area contributed by atoms with E-state index in [9.17, 15) is 60.0 Å². The average Bonchev–Trinajstić information content (AvgIpc) is 3.31. The summed E-state index contributed by atoms with van der Waals surface area (Å²) < 4.78 is 0. The van der Waals surface area contributed by atoms with Crippen LogP contribution in [0.4, 0.5) is 0 Å². The standard InChI is InChI=1S/2C20H30O5.2C6H14N2O2.Mg/c2*1-2-17(21)11-8-5-9-14-18(22)12-6-3-4-7-13-19(23)15-10-16-20(24)25;2*7-4-2-1-3-5(8)6(9)10;/h2*3-9,11-13,17-19,21-23H,2,10,14-16H2,1H3,(H,24,25);2*5H,1-4,7-8H2,(H,9,10);/q;;;;+2/b2*4-3+,9-5-,11-8+,12-6+,13-7-;;;/t2*17-,18+,19-;2*5-;/m1100./s1. The molecule has 0 aliphatic heterocycles. The molecule has 0 aliphatic rings. The van der Waals surface area contributed by atoms with Gasteiger partial charge in [0, 0.05) is 24.9 Å². The monoisotopic (exact) mass is 1020 g/mol. The molecule has 0 heterocycles. The van der Waals surface area contributed by atoms with Gasteiger partial charge in [-0.3, -0.25) is 9.59 Å². The molecule has 0 radical (unpaired) electrons. The van der Waals surface area contributed by atoms with Crippen LogP contribution in [-0.2, 0) is 19.2 Å². The van der Waals surface area contributed by atoms with Gasteiger partial charge < -0.3 is 83.6 Å². The van der Waals surface area contributed by atoms with E-state index in [4.69, 9.17) is 21.7 Å². The number of quaternary nitrogens is 2. The third-order valence-corrected chi connectivity index (χ3v) is 9.17. The molecule has 0 bridgehead atoms. The minimum atomic E-state index is -1.16. The van der Waals surface area contributed by atoms with E-state index in [1.54, 1.807) is 109 Å². The number of carbonyl (C=O) groups excluding carboxylic acids is 2. The normalized spacial score (nSPS) is 15.4. The molecule has 0 rings (SSSR count). The first kappa shape index (κ1) is 75.6. The molecule has 0 saturated carbocycles. The van der Waals surface area contributed by atoms with Crippen molar-refractivity contribution in [3.8, 4) is 0 Å². The molecule has 18 N–H and O–H groups in total. The molecule has 19 heteroatoms. The summed E-state index contributed by atoms with van der Waals surface area (Å²) in [4.78, 5) is 40.8. The predicted molar refractivity (Wildman–Crippen MR) is 275 cm³/mol. The molecule has 0 unspecified atom stereocenters. The van der Waals surface area contributed by atoms with Crippen LogP contribution < -0.4 is 33.1 Å². The fourth-order valence-electron chi connectivity index (χ4n) is 4.87. The summed E-state index contributed by atoms with van der Waals surface area (Å²) in [5.74, 6) is -4.04. The molecule has 18 nitrogen and oxygen atoms in total. The number of nitrogens with two attached hydrogens (primary N) is 2. The maximum Gasteiger partial charge on any atom is 2.00 e. The zero-order chi connectivity index (χ0) is 53.8. The zero-order valence-electron chi connectivity index (χ0n) is 42.2. The first-order valence-electron chi connectivity index (χ1n) is 24.0. The van der Waals surface area contributed by atoms with E-state index >= 15 is 0 Å². The minimum absolute atomic E-state index is 0. The van der Waals surface area contributed by atoms with Crippen molar-refractivity contribution in [1.29, 1.82) is 0 Å². The van der Waals surface area contributed by atoms with Crippen LogP contribution in [0.1, 0.15) is 117 Å². The number of aliphatic hydroxyl groups excluding tert-OH is 6. The van der Waals surface area contributed by atoms with Crippen LogP contribution in [0.25, 0.3) is 0 Å². The van der Waals surface area contributed by atoms with Crippen LogP contribution in [0.3, 0.4) is 0 Å². The minimum Gasteiger partial charge on any atom is -0.548 e. The van der Waals surface area contributed by atoms with Crippen molar-refractivity contribution in [2.75, 3.05) is 13.1 Å². The van der Waals surface area contributed by atoms with Crippen LogP contribution in [0, 0.1) is 0 Å². The van der Waals surface area contributed by atoms with Crippen molar-refractivity contribution in [2.45, 2.75) is 165 Å². The number of aliphatic hydroxyl groups is 6. The quantitative estimate of drug-likeness (QED) is 0.0229. The summed E-state index contributed by atoms with van der Waals surface area (Å²) in [6.07, 6.45) is 39.7. The van der Waals surface area contributed by atoms with E-state index in [1.165, 1.54) is 0 Å². The number of allylic oxidation sites excluding steroid dienone is 12. The van der Waals surface area contributed by atoms with Crippen molar-refractivity contribution in [2.24, 2.45) is 11.5 Å². The third kappa shape index (κ3) is 65.6. The van der Waals surface area contributed by atoms with E-state index in [2.05, 4.69) is 11.5 Å². The molecule has 0 aromatic heterocycles. The van der Waals surface area contributed by atoms with Gasteiger partial charge in [0.2, 0.25) is 0 Å². The molecule has 0 saturated heterocycles. The van der Waals surface area contributed by atoms with E-state index < -0.39 is 72.6 Å². The summed E-state index contributed by atoms with van der Waals surface area (Å²) >= 11 is 0. The van der Waals surface area contributed by atoms with Crippen LogP contribution in [0.15, 0.2) is 122 Å². The second-order valence-electron chi connectivity index (χ2n) is 15.7. The number of rotatable bonds is 36. The van der Waals surface area contributed by atoms with Gasteiger partial charge in [-0.15, -0.1) is 0 Å². The summed E-state index contributed by atoms with van der Waals surface area (Å²) in [5, 5.41) is 94.4. The van der Waals surface area contributed by atoms with Crippen LogP contribution in [0.2, 0.25) is 0 Å². The maximum absolute atomic E-state index is 10.3. The molecule has 0 fully saturated rings. The molecule has 0 aromatic rings. The van der Waals surface area contributed by atoms with Gasteiger partial charge in [0.25, 0.3) is 0 Å². The predicted octanol–water partition coefficient (Wildman–Crippen LogP) is 0.381. The van der Waals surface area contributed by atoms with E-state index in [0.29, 0.717) is 64.2 Å². The van der Waals surface area contributed by atoms with E-state index in [1.807, 2.05) is 26.0 Å². The van der Waals surface area contributed by atoms with Gasteiger partial charge in [-0.2, -0.15) is 0 Å². The van der Waals surface area contributed by atoms with Crippen molar-refractivity contribution in [3.05, 3.63) is 122 Å². The zero-order valence-corrected chi connectivity index (χ0v) is 43.6.